The van der Waals surface area contributed by atoms with E-state index in [1.54, 1.807) is 0 Å². The highest BCUT2D eigenvalue weighted by Crippen LogP contribution is 2.03. The number of nitrogens with zero attached hydrogens (tertiary/aromatic N) is 1. The molecule has 0 saturated heterocycles. The molecular weight excluding hydrogens is 302 g/mol. The maximum atomic E-state index is 5.69. The molecule has 0 bridgehead atoms. The van der Waals surface area contributed by atoms with Crippen LogP contribution in [0.4, 0.5) is 0 Å². The first-order chi connectivity index (χ1) is 9.36. The van der Waals surface area contributed by atoms with E-state index >= 15 is 0 Å². The monoisotopic (exact) mass is 327 g/mol. The summed E-state index contributed by atoms with van der Waals surface area (Å²) in [6, 6.07) is 10.4. The Morgan fingerprint density at radius 3 is 2.47 bits per heavy atom. The predicted octanol–water partition coefficient (Wildman–Crippen LogP) is 4.09. The minimum Gasteiger partial charge on any atom is -0.377 e. The number of unbranched alkanes of at least 4 members (excludes halogenated alkanes) is 1. The van der Waals surface area contributed by atoms with Gasteiger partial charge in [0, 0.05) is 11.9 Å². The lowest BCUT2D eigenvalue weighted by Gasteiger charge is -2.19. The summed E-state index contributed by atoms with van der Waals surface area (Å²) in [6.45, 7) is 7.38. The Hall–Kier alpha value is -0.380. The second-order valence-electron chi connectivity index (χ2n) is 4.72. The van der Waals surface area contributed by atoms with E-state index in [9.17, 15) is 0 Å². The highest BCUT2D eigenvalue weighted by Gasteiger charge is 2.01. The zero-order valence-electron chi connectivity index (χ0n) is 12.0. The second kappa shape index (κ2) is 11.4. The second-order valence-corrected chi connectivity index (χ2v) is 5.52. The summed E-state index contributed by atoms with van der Waals surface area (Å²) in [5.41, 5.74) is 1.26. The zero-order chi connectivity index (χ0) is 13.8. The lowest BCUT2D eigenvalue weighted by Crippen LogP contribution is -2.26. The molecule has 0 aliphatic heterocycles. The third-order valence-corrected chi connectivity index (χ3v) is 3.74. The first-order valence-corrected chi connectivity index (χ1v) is 8.39. The van der Waals surface area contributed by atoms with Crippen molar-refractivity contribution in [2.75, 3.05) is 31.6 Å². The molecule has 0 aliphatic rings. The molecular formula is C16H26BrNO. The number of hydrogen-bond donors (Lipinski definition) is 0. The number of alkyl halides is 1. The van der Waals surface area contributed by atoms with Crippen molar-refractivity contribution >= 4 is 15.9 Å². The van der Waals surface area contributed by atoms with Gasteiger partial charge in [-0.3, -0.25) is 0 Å². The Bertz CT molecular complexity index is 305. The van der Waals surface area contributed by atoms with Gasteiger partial charge in [-0.05, 0) is 44.5 Å². The van der Waals surface area contributed by atoms with Gasteiger partial charge >= 0.3 is 0 Å². The molecule has 19 heavy (non-hydrogen) atoms. The van der Waals surface area contributed by atoms with Crippen LogP contribution in [-0.2, 0) is 11.3 Å². The third kappa shape index (κ3) is 8.40. The average Bonchev–Trinajstić information content (AvgIpc) is 2.47. The summed E-state index contributed by atoms with van der Waals surface area (Å²) in [4.78, 5) is 2.51. The molecule has 2 nitrogen and oxygen atoms in total. The number of rotatable bonds is 11. The van der Waals surface area contributed by atoms with Crippen LogP contribution in [0.1, 0.15) is 31.7 Å². The van der Waals surface area contributed by atoms with E-state index in [0.29, 0.717) is 0 Å². The van der Waals surface area contributed by atoms with Gasteiger partial charge in [-0.2, -0.15) is 0 Å². The van der Waals surface area contributed by atoms with E-state index in [0.717, 1.165) is 31.5 Å². The normalized spacial score (nSPS) is 11.1. The van der Waals surface area contributed by atoms with Gasteiger partial charge in [0.1, 0.15) is 0 Å². The summed E-state index contributed by atoms with van der Waals surface area (Å²) >= 11 is 3.48. The minimum absolute atomic E-state index is 0.738. The van der Waals surface area contributed by atoms with E-state index in [2.05, 4.69) is 52.0 Å². The summed E-state index contributed by atoms with van der Waals surface area (Å²) < 4.78 is 5.69. The first-order valence-electron chi connectivity index (χ1n) is 7.26. The molecule has 0 unspecified atom stereocenters. The average molecular weight is 328 g/mol. The van der Waals surface area contributed by atoms with Crippen molar-refractivity contribution in [2.45, 2.75) is 32.8 Å². The zero-order valence-corrected chi connectivity index (χ0v) is 13.6. The lowest BCUT2D eigenvalue weighted by molar-refractivity contribution is 0.114. The highest BCUT2D eigenvalue weighted by atomic mass is 79.9. The van der Waals surface area contributed by atoms with Crippen LogP contribution in [0.2, 0.25) is 0 Å². The first kappa shape index (κ1) is 16.7. The smallest absolute Gasteiger partial charge is 0.0716 e. The number of hydrogen-bond acceptors (Lipinski definition) is 2. The van der Waals surface area contributed by atoms with Gasteiger partial charge in [0.05, 0.1) is 6.61 Å². The Morgan fingerprint density at radius 1 is 1.05 bits per heavy atom. The molecule has 0 fully saturated rings. The van der Waals surface area contributed by atoms with Crippen molar-refractivity contribution in [3.8, 4) is 0 Å². The lowest BCUT2D eigenvalue weighted by atomic mass is 10.2. The van der Waals surface area contributed by atoms with E-state index in [1.165, 1.54) is 31.5 Å². The van der Waals surface area contributed by atoms with Crippen LogP contribution in [0.15, 0.2) is 30.3 Å². The Labute approximate surface area is 126 Å². The molecule has 3 heteroatoms. The van der Waals surface area contributed by atoms with Gasteiger partial charge in [-0.25, -0.2) is 0 Å². The fourth-order valence-corrected chi connectivity index (χ4v) is 2.27. The summed E-state index contributed by atoms with van der Waals surface area (Å²) in [7, 11) is 0. The van der Waals surface area contributed by atoms with Crippen LogP contribution in [0, 0.1) is 0 Å². The van der Waals surface area contributed by atoms with E-state index in [4.69, 9.17) is 4.74 Å². The van der Waals surface area contributed by atoms with Crippen molar-refractivity contribution in [3.05, 3.63) is 35.9 Å². The van der Waals surface area contributed by atoms with Crippen LogP contribution < -0.4 is 0 Å². The summed E-state index contributed by atoms with van der Waals surface area (Å²) in [5.74, 6) is 0. The molecule has 1 aromatic rings. The fourth-order valence-electron chi connectivity index (χ4n) is 2.02. The van der Waals surface area contributed by atoms with Crippen LogP contribution in [0.3, 0.4) is 0 Å². The molecule has 0 radical (unpaired) electrons. The standard InChI is InChI=1S/C16H26BrNO/c1-2-18(13-8-11-17)12-6-7-14-19-15-16-9-4-3-5-10-16/h3-5,9-10H,2,6-8,11-15H2,1H3. The van der Waals surface area contributed by atoms with Crippen molar-refractivity contribution < 1.29 is 4.74 Å². The number of ether oxygens (including phenoxy) is 1. The molecule has 0 N–H and O–H groups in total. The van der Waals surface area contributed by atoms with Crippen LogP contribution >= 0.6 is 15.9 Å². The number of benzene rings is 1. The van der Waals surface area contributed by atoms with Crippen LogP contribution in [-0.4, -0.2) is 36.5 Å². The van der Waals surface area contributed by atoms with Crippen molar-refractivity contribution in [1.29, 1.82) is 0 Å². The van der Waals surface area contributed by atoms with Gasteiger partial charge in [-0.1, -0.05) is 53.2 Å². The molecule has 0 aliphatic carbocycles. The predicted molar refractivity (Wildman–Crippen MR) is 85.9 cm³/mol. The van der Waals surface area contributed by atoms with Gasteiger partial charge in [0.2, 0.25) is 0 Å². The maximum Gasteiger partial charge on any atom is 0.0716 e. The van der Waals surface area contributed by atoms with Crippen LogP contribution in [0.25, 0.3) is 0 Å². The molecule has 0 amide bonds. The van der Waals surface area contributed by atoms with Gasteiger partial charge in [0.15, 0.2) is 0 Å². The Balaban J connectivity index is 1.98. The van der Waals surface area contributed by atoms with Crippen molar-refractivity contribution in [1.82, 2.24) is 4.90 Å². The van der Waals surface area contributed by atoms with E-state index in [1.807, 2.05) is 6.07 Å². The van der Waals surface area contributed by atoms with Gasteiger partial charge in [0.25, 0.3) is 0 Å². The molecule has 0 heterocycles. The topological polar surface area (TPSA) is 12.5 Å². The van der Waals surface area contributed by atoms with E-state index < -0.39 is 0 Å². The Morgan fingerprint density at radius 2 is 1.79 bits per heavy atom. The molecule has 1 aromatic carbocycles. The van der Waals surface area contributed by atoms with Crippen LogP contribution in [0.5, 0.6) is 0 Å². The van der Waals surface area contributed by atoms with Gasteiger partial charge in [-0.15, -0.1) is 0 Å². The summed E-state index contributed by atoms with van der Waals surface area (Å²) in [6.07, 6.45) is 3.61. The largest absolute Gasteiger partial charge is 0.377 e. The molecule has 0 saturated carbocycles. The molecule has 1 rings (SSSR count). The van der Waals surface area contributed by atoms with Crippen molar-refractivity contribution in [2.24, 2.45) is 0 Å². The molecule has 0 atom stereocenters. The molecule has 0 aromatic heterocycles. The Kier molecular flexibility index (Phi) is 10.0. The van der Waals surface area contributed by atoms with Crippen molar-refractivity contribution in [3.63, 3.8) is 0 Å². The SMILES string of the molecule is CCN(CCCBr)CCCCOCc1ccccc1. The van der Waals surface area contributed by atoms with E-state index in [-0.39, 0.29) is 0 Å². The van der Waals surface area contributed by atoms with Gasteiger partial charge < -0.3 is 9.64 Å². The maximum absolute atomic E-state index is 5.69. The number of halogens is 1. The quantitative estimate of drug-likeness (QED) is 0.448. The summed E-state index contributed by atoms with van der Waals surface area (Å²) in [5, 5.41) is 1.10. The highest BCUT2D eigenvalue weighted by molar-refractivity contribution is 9.09. The molecule has 108 valence electrons. The molecule has 0 spiro atoms. The minimum atomic E-state index is 0.738. The fraction of sp³-hybridized carbons (Fsp3) is 0.625. The third-order valence-electron chi connectivity index (χ3n) is 3.18.